The number of hydrogen-bond donors (Lipinski definition) is 1. The van der Waals surface area contributed by atoms with Crippen LogP contribution in [0.4, 0.5) is 5.69 Å². The molecule has 0 aliphatic carbocycles. The largest absolute Gasteiger partial charge is 0.398 e. The predicted octanol–water partition coefficient (Wildman–Crippen LogP) is 0.974. The first-order valence-electron chi connectivity index (χ1n) is 6.39. The van der Waals surface area contributed by atoms with Crippen molar-refractivity contribution in [1.82, 2.24) is 9.80 Å². The van der Waals surface area contributed by atoms with Gasteiger partial charge in [-0.05, 0) is 25.6 Å². The molecule has 1 aromatic carbocycles. The van der Waals surface area contributed by atoms with Gasteiger partial charge in [-0.2, -0.15) is 0 Å². The third kappa shape index (κ3) is 2.82. The number of rotatable bonds is 2. The monoisotopic (exact) mass is 247 g/mol. The summed E-state index contributed by atoms with van der Waals surface area (Å²) in [5, 5.41) is 0. The van der Waals surface area contributed by atoms with Crippen LogP contribution in [0.3, 0.4) is 0 Å². The van der Waals surface area contributed by atoms with Gasteiger partial charge in [0.2, 0.25) is 5.91 Å². The Morgan fingerprint density at radius 3 is 2.78 bits per heavy atom. The van der Waals surface area contributed by atoms with E-state index in [2.05, 4.69) is 18.9 Å². The van der Waals surface area contributed by atoms with Crippen molar-refractivity contribution in [3.8, 4) is 0 Å². The molecule has 1 amide bonds. The van der Waals surface area contributed by atoms with Gasteiger partial charge in [-0.25, -0.2) is 0 Å². The van der Waals surface area contributed by atoms with Crippen molar-refractivity contribution in [2.45, 2.75) is 19.4 Å². The number of carbonyl (C=O) groups excluding carboxylic acids is 1. The molecule has 0 radical (unpaired) electrons. The van der Waals surface area contributed by atoms with E-state index in [9.17, 15) is 4.79 Å². The van der Waals surface area contributed by atoms with E-state index in [1.165, 1.54) is 0 Å². The zero-order chi connectivity index (χ0) is 13.1. The molecule has 1 heterocycles. The Kier molecular flexibility index (Phi) is 3.87. The first kappa shape index (κ1) is 12.9. The quantitative estimate of drug-likeness (QED) is 0.792. The molecule has 4 nitrogen and oxygen atoms in total. The van der Waals surface area contributed by atoms with Crippen molar-refractivity contribution in [1.29, 1.82) is 0 Å². The van der Waals surface area contributed by atoms with E-state index in [1.54, 1.807) is 0 Å². The Bertz CT molecular complexity index is 433. The molecule has 1 unspecified atom stereocenters. The molecule has 1 atom stereocenters. The molecular formula is C14H21N3O. The van der Waals surface area contributed by atoms with Gasteiger partial charge in [0.05, 0.1) is 6.42 Å². The van der Waals surface area contributed by atoms with E-state index in [1.807, 2.05) is 29.2 Å². The van der Waals surface area contributed by atoms with Gasteiger partial charge < -0.3 is 15.5 Å². The van der Waals surface area contributed by atoms with Crippen molar-refractivity contribution < 1.29 is 4.79 Å². The lowest BCUT2D eigenvalue weighted by Crippen LogP contribution is -2.53. The maximum absolute atomic E-state index is 12.3. The second-order valence-corrected chi connectivity index (χ2v) is 5.07. The standard InChI is InChI=1S/C14H21N3O/c1-11-10-16(2)7-8-17(11)14(18)9-12-5-3-4-6-13(12)15/h3-6,11H,7-10,15H2,1-2H3. The highest BCUT2D eigenvalue weighted by atomic mass is 16.2. The fourth-order valence-electron chi connectivity index (χ4n) is 2.47. The minimum absolute atomic E-state index is 0.175. The third-order valence-corrected chi connectivity index (χ3v) is 3.55. The summed E-state index contributed by atoms with van der Waals surface area (Å²) in [6, 6.07) is 7.86. The van der Waals surface area contributed by atoms with Crippen molar-refractivity contribution in [2.24, 2.45) is 0 Å². The van der Waals surface area contributed by atoms with Crippen LogP contribution in [0.2, 0.25) is 0 Å². The highest BCUT2D eigenvalue weighted by Gasteiger charge is 2.25. The predicted molar refractivity (Wildman–Crippen MR) is 73.2 cm³/mol. The molecule has 0 bridgehead atoms. The molecule has 4 heteroatoms. The summed E-state index contributed by atoms with van der Waals surface area (Å²) in [6.07, 6.45) is 0.403. The molecule has 1 aromatic rings. The van der Waals surface area contributed by atoms with E-state index in [-0.39, 0.29) is 11.9 Å². The van der Waals surface area contributed by atoms with Crippen LogP contribution >= 0.6 is 0 Å². The van der Waals surface area contributed by atoms with Crippen LogP contribution in [-0.2, 0) is 11.2 Å². The topological polar surface area (TPSA) is 49.6 Å². The molecule has 2 rings (SSSR count). The Labute approximate surface area is 108 Å². The number of amides is 1. The number of benzene rings is 1. The summed E-state index contributed by atoms with van der Waals surface area (Å²) in [6.45, 7) is 4.79. The number of nitrogen functional groups attached to an aromatic ring is 1. The summed E-state index contributed by atoms with van der Waals surface area (Å²) in [5.74, 6) is 0.175. The molecule has 0 spiro atoms. The SMILES string of the molecule is CC1CN(C)CCN1C(=O)Cc1ccccc1N. The zero-order valence-corrected chi connectivity index (χ0v) is 11.1. The Morgan fingerprint density at radius 1 is 1.39 bits per heavy atom. The normalized spacial score (nSPS) is 21.0. The van der Waals surface area contributed by atoms with Gasteiger partial charge in [0.15, 0.2) is 0 Å². The summed E-state index contributed by atoms with van der Waals surface area (Å²) in [7, 11) is 2.09. The first-order valence-corrected chi connectivity index (χ1v) is 6.39. The van der Waals surface area contributed by atoms with Crippen molar-refractivity contribution in [2.75, 3.05) is 32.4 Å². The molecule has 0 aromatic heterocycles. The van der Waals surface area contributed by atoms with E-state index in [0.717, 1.165) is 25.2 Å². The third-order valence-electron chi connectivity index (χ3n) is 3.55. The van der Waals surface area contributed by atoms with E-state index < -0.39 is 0 Å². The maximum Gasteiger partial charge on any atom is 0.227 e. The Balaban J connectivity index is 2.02. The zero-order valence-electron chi connectivity index (χ0n) is 11.1. The number of carbonyl (C=O) groups is 1. The number of nitrogens with zero attached hydrogens (tertiary/aromatic N) is 2. The Morgan fingerprint density at radius 2 is 2.11 bits per heavy atom. The molecule has 1 aliphatic rings. The van der Waals surface area contributed by atoms with Crippen LogP contribution in [0.15, 0.2) is 24.3 Å². The number of hydrogen-bond acceptors (Lipinski definition) is 3. The summed E-state index contributed by atoms with van der Waals surface area (Å²) in [4.78, 5) is 16.5. The van der Waals surface area contributed by atoms with Gasteiger partial charge >= 0.3 is 0 Å². The number of anilines is 1. The van der Waals surface area contributed by atoms with Crippen LogP contribution in [0.25, 0.3) is 0 Å². The smallest absolute Gasteiger partial charge is 0.227 e. The van der Waals surface area contributed by atoms with Crippen LogP contribution in [0, 0.1) is 0 Å². The first-order chi connectivity index (χ1) is 8.58. The lowest BCUT2D eigenvalue weighted by atomic mass is 10.1. The highest BCUT2D eigenvalue weighted by Crippen LogP contribution is 2.15. The number of nitrogens with two attached hydrogens (primary N) is 1. The maximum atomic E-state index is 12.3. The van der Waals surface area contributed by atoms with Gasteiger partial charge in [-0.1, -0.05) is 18.2 Å². The van der Waals surface area contributed by atoms with Gasteiger partial charge in [0, 0.05) is 31.4 Å². The lowest BCUT2D eigenvalue weighted by Gasteiger charge is -2.38. The van der Waals surface area contributed by atoms with Gasteiger partial charge in [-0.15, -0.1) is 0 Å². The second-order valence-electron chi connectivity index (χ2n) is 5.07. The second kappa shape index (κ2) is 5.40. The minimum atomic E-state index is 0.175. The molecule has 1 saturated heterocycles. The summed E-state index contributed by atoms with van der Waals surface area (Å²) < 4.78 is 0. The van der Waals surface area contributed by atoms with Crippen LogP contribution in [0.1, 0.15) is 12.5 Å². The fourth-order valence-corrected chi connectivity index (χ4v) is 2.47. The number of likely N-dealkylation sites (N-methyl/N-ethyl adjacent to an activating group) is 1. The van der Waals surface area contributed by atoms with Gasteiger partial charge in [0.25, 0.3) is 0 Å². The van der Waals surface area contributed by atoms with Crippen molar-refractivity contribution >= 4 is 11.6 Å². The van der Waals surface area contributed by atoms with E-state index in [4.69, 9.17) is 5.73 Å². The van der Waals surface area contributed by atoms with E-state index >= 15 is 0 Å². The fraction of sp³-hybridized carbons (Fsp3) is 0.500. The van der Waals surface area contributed by atoms with Crippen molar-refractivity contribution in [3.63, 3.8) is 0 Å². The average Bonchev–Trinajstić information content (AvgIpc) is 2.32. The molecule has 18 heavy (non-hydrogen) atoms. The van der Waals surface area contributed by atoms with Gasteiger partial charge in [-0.3, -0.25) is 4.79 Å². The Hall–Kier alpha value is -1.55. The number of para-hydroxylation sites is 1. The number of piperazine rings is 1. The molecule has 0 saturated carbocycles. The van der Waals surface area contributed by atoms with Crippen LogP contribution < -0.4 is 5.73 Å². The lowest BCUT2D eigenvalue weighted by molar-refractivity contribution is -0.134. The van der Waals surface area contributed by atoms with Gasteiger partial charge in [0.1, 0.15) is 0 Å². The molecule has 1 fully saturated rings. The highest BCUT2D eigenvalue weighted by molar-refractivity contribution is 5.80. The summed E-state index contributed by atoms with van der Waals surface area (Å²) in [5.41, 5.74) is 7.50. The van der Waals surface area contributed by atoms with Crippen molar-refractivity contribution in [3.05, 3.63) is 29.8 Å². The minimum Gasteiger partial charge on any atom is -0.398 e. The van der Waals surface area contributed by atoms with Crippen LogP contribution in [-0.4, -0.2) is 48.4 Å². The molecular weight excluding hydrogens is 226 g/mol. The van der Waals surface area contributed by atoms with E-state index in [0.29, 0.717) is 12.1 Å². The molecule has 1 aliphatic heterocycles. The summed E-state index contributed by atoms with van der Waals surface area (Å²) >= 11 is 0. The molecule has 98 valence electrons. The van der Waals surface area contributed by atoms with Crippen LogP contribution in [0.5, 0.6) is 0 Å². The average molecular weight is 247 g/mol. The molecule has 2 N–H and O–H groups in total.